The van der Waals surface area contributed by atoms with E-state index in [2.05, 4.69) is 10.5 Å². The summed E-state index contributed by atoms with van der Waals surface area (Å²) in [5, 5.41) is 4.37. The first kappa shape index (κ1) is 14.1. The van der Waals surface area contributed by atoms with Gasteiger partial charge in [-0.05, 0) is 43.3 Å². The summed E-state index contributed by atoms with van der Waals surface area (Å²) in [6.45, 7) is 1.70. The Morgan fingerprint density at radius 2 is 2.10 bits per heavy atom. The zero-order valence-corrected chi connectivity index (χ0v) is 11.6. The molecule has 0 saturated heterocycles. The van der Waals surface area contributed by atoms with Gasteiger partial charge < -0.3 is 9.15 Å². The summed E-state index contributed by atoms with van der Waals surface area (Å²) in [5.74, 6) is 1.56. The molecule has 0 spiro atoms. The van der Waals surface area contributed by atoms with E-state index in [0.29, 0.717) is 16.5 Å². The smallest absolute Gasteiger partial charge is 0.277 e. The molecule has 2 aromatic rings. The summed E-state index contributed by atoms with van der Waals surface area (Å²) < 4.78 is 10.5. The number of nitrogens with one attached hydrogen (secondary N) is 1. The Hall–Kier alpha value is -2.27. The third-order valence-corrected chi connectivity index (χ3v) is 2.58. The van der Waals surface area contributed by atoms with Gasteiger partial charge in [0.15, 0.2) is 6.61 Å². The standard InChI is InChI=1S/C14H13ClN2O3/c1-10-2-5-13(20-10)8-16-17-14(18)9-19-12-6-3-11(15)4-7-12/h2-8H,9H2,1H3,(H,17,18). The molecule has 5 nitrogen and oxygen atoms in total. The Kier molecular flexibility index (Phi) is 4.79. The molecule has 0 aliphatic carbocycles. The quantitative estimate of drug-likeness (QED) is 0.681. The van der Waals surface area contributed by atoms with Crippen molar-refractivity contribution < 1.29 is 13.9 Å². The van der Waals surface area contributed by atoms with Crippen LogP contribution >= 0.6 is 11.6 Å². The fraction of sp³-hybridized carbons (Fsp3) is 0.143. The minimum absolute atomic E-state index is 0.129. The fourth-order valence-corrected chi connectivity index (χ4v) is 1.53. The minimum Gasteiger partial charge on any atom is -0.484 e. The number of rotatable bonds is 5. The van der Waals surface area contributed by atoms with Crippen LogP contribution in [0.25, 0.3) is 0 Å². The molecule has 0 unspecified atom stereocenters. The molecule has 0 radical (unpaired) electrons. The normalized spacial score (nSPS) is 10.7. The van der Waals surface area contributed by atoms with Crippen molar-refractivity contribution in [2.24, 2.45) is 5.10 Å². The van der Waals surface area contributed by atoms with Crippen LogP contribution in [-0.2, 0) is 4.79 Å². The first-order valence-electron chi connectivity index (χ1n) is 5.90. The van der Waals surface area contributed by atoms with E-state index in [-0.39, 0.29) is 12.5 Å². The predicted molar refractivity (Wildman–Crippen MR) is 76.1 cm³/mol. The lowest BCUT2D eigenvalue weighted by Gasteiger charge is -2.04. The van der Waals surface area contributed by atoms with Crippen molar-refractivity contribution in [1.29, 1.82) is 0 Å². The minimum atomic E-state index is -0.362. The summed E-state index contributed by atoms with van der Waals surface area (Å²) in [6.07, 6.45) is 1.42. The molecule has 2 rings (SSSR count). The molecular weight excluding hydrogens is 280 g/mol. The Morgan fingerprint density at radius 1 is 1.35 bits per heavy atom. The molecule has 1 aromatic heterocycles. The zero-order chi connectivity index (χ0) is 14.4. The topological polar surface area (TPSA) is 63.8 Å². The second-order valence-electron chi connectivity index (χ2n) is 3.98. The number of hydrogen-bond donors (Lipinski definition) is 1. The SMILES string of the molecule is Cc1ccc(C=NNC(=O)COc2ccc(Cl)cc2)o1. The van der Waals surface area contributed by atoms with Gasteiger partial charge in [-0.1, -0.05) is 11.6 Å². The van der Waals surface area contributed by atoms with Crippen molar-refractivity contribution in [2.75, 3.05) is 6.61 Å². The van der Waals surface area contributed by atoms with Gasteiger partial charge in [-0.3, -0.25) is 4.79 Å². The van der Waals surface area contributed by atoms with Gasteiger partial charge in [-0.15, -0.1) is 0 Å². The van der Waals surface area contributed by atoms with Gasteiger partial charge in [0.05, 0.1) is 6.21 Å². The lowest BCUT2D eigenvalue weighted by atomic mass is 10.3. The zero-order valence-electron chi connectivity index (χ0n) is 10.8. The molecule has 1 amide bonds. The Balaban J connectivity index is 1.75. The number of hydrogen-bond acceptors (Lipinski definition) is 4. The highest BCUT2D eigenvalue weighted by molar-refractivity contribution is 6.30. The monoisotopic (exact) mass is 292 g/mol. The van der Waals surface area contributed by atoms with Crippen molar-refractivity contribution >= 4 is 23.7 Å². The number of carbonyl (C=O) groups excluding carboxylic acids is 1. The van der Waals surface area contributed by atoms with Crippen LogP contribution in [0, 0.1) is 6.92 Å². The van der Waals surface area contributed by atoms with Crippen LogP contribution in [0.3, 0.4) is 0 Å². The van der Waals surface area contributed by atoms with Gasteiger partial charge in [-0.2, -0.15) is 5.10 Å². The van der Waals surface area contributed by atoms with Crippen LogP contribution in [0.15, 0.2) is 45.9 Å². The first-order chi connectivity index (χ1) is 9.63. The van der Waals surface area contributed by atoms with E-state index in [1.807, 2.05) is 13.0 Å². The van der Waals surface area contributed by atoms with Crippen LogP contribution in [0.1, 0.15) is 11.5 Å². The van der Waals surface area contributed by atoms with Gasteiger partial charge in [0.25, 0.3) is 5.91 Å². The number of carbonyl (C=O) groups is 1. The van der Waals surface area contributed by atoms with E-state index >= 15 is 0 Å². The average Bonchev–Trinajstić information content (AvgIpc) is 2.84. The van der Waals surface area contributed by atoms with E-state index in [9.17, 15) is 4.79 Å². The van der Waals surface area contributed by atoms with E-state index < -0.39 is 0 Å². The van der Waals surface area contributed by atoms with Crippen molar-refractivity contribution in [3.05, 3.63) is 52.9 Å². The molecule has 1 aromatic carbocycles. The van der Waals surface area contributed by atoms with Gasteiger partial charge in [0.1, 0.15) is 17.3 Å². The molecule has 0 aliphatic heterocycles. The van der Waals surface area contributed by atoms with Crippen LogP contribution in [0.4, 0.5) is 0 Å². The molecule has 0 aliphatic rings. The summed E-state index contributed by atoms with van der Waals surface area (Å²) in [5.41, 5.74) is 2.34. The second kappa shape index (κ2) is 6.77. The molecule has 6 heteroatoms. The number of halogens is 1. The molecule has 0 bridgehead atoms. The fourth-order valence-electron chi connectivity index (χ4n) is 1.40. The lowest BCUT2D eigenvalue weighted by Crippen LogP contribution is -2.24. The van der Waals surface area contributed by atoms with E-state index in [1.54, 1.807) is 30.3 Å². The highest BCUT2D eigenvalue weighted by Crippen LogP contribution is 2.15. The highest BCUT2D eigenvalue weighted by Gasteiger charge is 2.01. The molecule has 0 fully saturated rings. The summed E-state index contributed by atoms with van der Waals surface area (Å²) in [6, 6.07) is 10.3. The van der Waals surface area contributed by atoms with Crippen molar-refractivity contribution in [3.63, 3.8) is 0 Å². The Morgan fingerprint density at radius 3 is 2.75 bits per heavy atom. The number of hydrazone groups is 1. The Bertz CT molecular complexity index is 605. The van der Waals surface area contributed by atoms with Gasteiger partial charge in [-0.25, -0.2) is 5.43 Å². The number of furan rings is 1. The third kappa shape index (κ3) is 4.44. The summed E-state index contributed by atoms with van der Waals surface area (Å²) in [4.78, 5) is 11.5. The van der Waals surface area contributed by atoms with Gasteiger partial charge in [0.2, 0.25) is 0 Å². The van der Waals surface area contributed by atoms with Crippen LogP contribution < -0.4 is 10.2 Å². The number of aryl methyl sites for hydroxylation is 1. The molecule has 0 saturated carbocycles. The molecule has 1 N–H and O–H groups in total. The number of nitrogens with zero attached hydrogens (tertiary/aromatic N) is 1. The van der Waals surface area contributed by atoms with Crippen molar-refractivity contribution in [2.45, 2.75) is 6.92 Å². The van der Waals surface area contributed by atoms with E-state index in [0.717, 1.165) is 5.76 Å². The lowest BCUT2D eigenvalue weighted by molar-refractivity contribution is -0.123. The van der Waals surface area contributed by atoms with Gasteiger partial charge in [0, 0.05) is 5.02 Å². The predicted octanol–water partition coefficient (Wildman–Crippen LogP) is 2.77. The number of ether oxygens (including phenoxy) is 1. The second-order valence-corrected chi connectivity index (χ2v) is 4.42. The van der Waals surface area contributed by atoms with Gasteiger partial charge >= 0.3 is 0 Å². The van der Waals surface area contributed by atoms with Crippen molar-refractivity contribution in [1.82, 2.24) is 5.43 Å². The summed E-state index contributed by atoms with van der Waals surface area (Å²) >= 11 is 5.74. The first-order valence-corrected chi connectivity index (χ1v) is 6.28. The summed E-state index contributed by atoms with van der Waals surface area (Å²) in [7, 11) is 0. The maximum atomic E-state index is 11.5. The molecule has 104 valence electrons. The van der Waals surface area contributed by atoms with Crippen molar-refractivity contribution in [3.8, 4) is 5.75 Å². The third-order valence-electron chi connectivity index (χ3n) is 2.33. The Labute approximate surface area is 121 Å². The highest BCUT2D eigenvalue weighted by atomic mass is 35.5. The maximum Gasteiger partial charge on any atom is 0.277 e. The maximum absolute atomic E-state index is 11.5. The average molecular weight is 293 g/mol. The molecule has 0 atom stereocenters. The molecule has 20 heavy (non-hydrogen) atoms. The largest absolute Gasteiger partial charge is 0.484 e. The van der Waals surface area contributed by atoms with Crippen LogP contribution in [-0.4, -0.2) is 18.7 Å². The van der Waals surface area contributed by atoms with E-state index in [4.69, 9.17) is 20.8 Å². The number of amides is 1. The van der Waals surface area contributed by atoms with Crippen LogP contribution in [0.2, 0.25) is 5.02 Å². The van der Waals surface area contributed by atoms with E-state index in [1.165, 1.54) is 6.21 Å². The molecule has 1 heterocycles. The number of benzene rings is 1. The molecular formula is C14H13ClN2O3. The van der Waals surface area contributed by atoms with Crippen LogP contribution in [0.5, 0.6) is 5.75 Å².